The molecule has 0 radical (unpaired) electrons. The molecule has 20 heavy (non-hydrogen) atoms. The van der Waals surface area contributed by atoms with Gasteiger partial charge in [-0.15, -0.1) is 11.3 Å². The van der Waals surface area contributed by atoms with E-state index in [-0.39, 0.29) is 5.91 Å². The van der Waals surface area contributed by atoms with Crippen LogP contribution in [0.3, 0.4) is 0 Å². The van der Waals surface area contributed by atoms with Crippen LogP contribution in [0.4, 0.5) is 0 Å². The van der Waals surface area contributed by atoms with Crippen LogP contribution >= 0.6 is 11.3 Å². The summed E-state index contributed by atoms with van der Waals surface area (Å²) < 4.78 is 0. The largest absolute Gasteiger partial charge is 0.480 e. The lowest BCUT2D eigenvalue weighted by molar-refractivity contribution is -0.145. The lowest BCUT2D eigenvalue weighted by Gasteiger charge is -2.33. The van der Waals surface area contributed by atoms with E-state index in [9.17, 15) is 14.7 Å². The zero-order valence-electron chi connectivity index (χ0n) is 11.9. The fraction of sp³-hybridized carbons (Fsp3) is 0.643. The second kappa shape index (κ2) is 5.91. The molecule has 0 aromatic carbocycles. The van der Waals surface area contributed by atoms with Crippen LogP contribution in [0.2, 0.25) is 0 Å². The van der Waals surface area contributed by atoms with E-state index in [2.05, 4.69) is 10.3 Å². The minimum atomic E-state index is -1.10. The molecule has 1 saturated carbocycles. The molecule has 1 aliphatic rings. The molecule has 1 amide bonds. The molecule has 5 nitrogen and oxygen atoms in total. The topological polar surface area (TPSA) is 79.3 Å². The van der Waals surface area contributed by atoms with E-state index in [1.54, 1.807) is 6.92 Å². The molecule has 1 aromatic heterocycles. The number of aromatic nitrogens is 1. The zero-order valence-corrected chi connectivity index (χ0v) is 12.7. The Bertz CT molecular complexity index is 518. The van der Waals surface area contributed by atoms with E-state index in [1.807, 2.05) is 6.92 Å². The van der Waals surface area contributed by atoms with E-state index in [1.165, 1.54) is 11.3 Å². The Kier molecular flexibility index (Phi) is 4.42. The number of hydrogen-bond acceptors (Lipinski definition) is 4. The Morgan fingerprint density at radius 2 is 2.00 bits per heavy atom. The summed E-state index contributed by atoms with van der Waals surface area (Å²) in [6.07, 6.45) is 4.51. The van der Waals surface area contributed by atoms with Gasteiger partial charge in [0.15, 0.2) is 0 Å². The minimum Gasteiger partial charge on any atom is -0.480 e. The average Bonchev–Trinajstić information content (AvgIpc) is 2.81. The molecule has 0 saturated heterocycles. The van der Waals surface area contributed by atoms with Crippen molar-refractivity contribution in [1.82, 2.24) is 10.3 Å². The number of aryl methyl sites for hydroxylation is 2. The summed E-state index contributed by atoms with van der Waals surface area (Å²) in [5, 5.41) is 13.1. The number of thiazole rings is 1. The number of nitrogens with one attached hydrogen (secondary N) is 1. The van der Waals surface area contributed by atoms with Gasteiger partial charge in [0.2, 0.25) is 0 Å². The molecule has 0 bridgehead atoms. The molecule has 0 aliphatic heterocycles. The standard InChI is InChI=1S/C14H20N2O3S/c1-3-10-15-9(2)11(20-10)12(17)16-14(13(18)19)7-5-4-6-8-14/h3-8H2,1-2H3,(H,16,17)(H,18,19). The van der Waals surface area contributed by atoms with Gasteiger partial charge in [0.05, 0.1) is 10.7 Å². The molecule has 0 spiro atoms. The van der Waals surface area contributed by atoms with Crippen molar-refractivity contribution in [2.45, 2.75) is 57.9 Å². The van der Waals surface area contributed by atoms with Gasteiger partial charge < -0.3 is 10.4 Å². The first kappa shape index (κ1) is 15.0. The monoisotopic (exact) mass is 296 g/mol. The zero-order chi connectivity index (χ0) is 14.8. The highest BCUT2D eigenvalue weighted by Gasteiger charge is 2.41. The van der Waals surface area contributed by atoms with Crippen molar-refractivity contribution in [2.75, 3.05) is 0 Å². The third kappa shape index (κ3) is 2.85. The van der Waals surface area contributed by atoms with Crippen LogP contribution in [0.5, 0.6) is 0 Å². The summed E-state index contributed by atoms with van der Waals surface area (Å²) in [7, 11) is 0. The fourth-order valence-electron chi connectivity index (χ4n) is 2.64. The number of carbonyl (C=O) groups excluding carboxylic acids is 1. The predicted octanol–water partition coefficient (Wildman–Crippen LogP) is 2.53. The normalized spacial score (nSPS) is 17.7. The molecule has 1 fully saturated rings. The quantitative estimate of drug-likeness (QED) is 0.895. The number of carbonyl (C=O) groups is 2. The van der Waals surface area contributed by atoms with E-state index < -0.39 is 11.5 Å². The summed E-state index contributed by atoms with van der Waals surface area (Å²) in [5.41, 5.74) is -0.418. The van der Waals surface area contributed by atoms with Crippen LogP contribution in [-0.2, 0) is 11.2 Å². The Morgan fingerprint density at radius 1 is 1.35 bits per heavy atom. The summed E-state index contributed by atoms with van der Waals surface area (Å²) in [6.45, 7) is 3.78. The lowest BCUT2D eigenvalue weighted by atomic mass is 9.81. The maximum absolute atomic E-state index is 12.4. The molecule has 1 aromatic rings. The van der Waals surface area contributed by atoms with Gasteiger partial charge in [-0.05, 0) is 26.2 Å². The van der Waals surface area contributed by atoms with Crippen LogP contribution in [0.25, 0.3) is 0 Å². The van der Waals surface area contributed by atoms with Crippen molar-refractivity contribution >= 4 is 23.2 Å². The lowest BCUT2D eigenvalue weighted by Crippen LogP contribution is -2.55. The van der Waals surface area contributed by atoms with Gasteiger partial charge >= 0.3 is 5.97 Å². The first-order valence-electron chi connectivity index (χ1n) is 7.01. The van der Waals surface area contributed by atoms with E-state index in [0.29, 0.717) is 23.4 Å². The molecule has 6 heteroatoms. The van der Waals surface area contributed by atoms with Crippen LogP contribution in [0.15, 0.2) is 0 Å². The van der Waals surface area contributed by atoms with Gasteiger partial charge in [0, 0.05) is 0 Å². The molecule has 2 rings (SSSR count). The second-order valence-electron chi connectivity index (χ2n) is 5.28. The Hall–Kier alpha value is -1.43. The smallest absolute Gasteiger partial charge is 0.329 e. The maximum atomic E-state index is 12.4. The van der Waals surface area contributed by atoms with Gasteiger partial charge in [-0.25, -0.2) is 9.78 Å². The van der Waals surface area contributed by atoms with Gasteiger partial charge in [-0.2, -0.15) is 0 Å². The van der Waals surface area contributed by atoms with Crippen LogP contribution in [0.1, 0.15) is 59.4 Å². The van der Waals surface area contributed by atoms with Crippen molar-refractivity contribution in [3.63, 3.8) is 0 Å². The van der Waals surface area contributed by atoms with Gasteiger partial charge in [0.1, 0.15) is 10.4 Å². The Balaban J connectivity index is 2.20. The Morgan fingerprint density at radius 3 is 2.50 bits per heavy atom. The molecule has 2 N–H and O–H groups in total. The van der Waals surface area contributed by atoms with E-state index in [0.717, 1.165) is 30.7 Å². The van der Waals surface area contributed by atoms with Gasteiger partial charge in [0.25, 0.3) is 5.91 Å². The van der Waals surface area contributed by atoms with Crippen molar-refractivity contribution in [1.29, 1.82) is 0 Å². The number of carboxylic acid groups (broad SMARTS) is 1. The van der Waals surface area contributed by atoms with Crippen LogP contribution in [-0.4, -0.2) is 27.5 Å². The maximum Gasteiger partial charge on any atom is 0.329 e. The molecule has 110 valence electrons. The highest BCUT2D eigenvalue weighted by atomic mass is 32.1. The third-order valence-corrected chi connectivity index (χ3v) is 5.12. The molecular formula is C14H20N2O3S. The van der Waals surface area contributed by atoms with Crippen molar-refractivity contribution < 1.29 is 14.7 Å². The van der Waals surface area contributed by atoms with E-state index in [4.69, 9.17) is 0 Å². The molecule has 0 unspecified atom stereocenters. The predicted molar refractivity (Wildman–Crippen MR) is 77.1 cm³/mol. The highest BCUT2D eigenvalue weighted by molar-refractivity contribution is 7.13. The second-order valence-corrected chi connectivity index (χ2v) is 6.36. The van der Waals surface area contributed by atoms with E-state index >= 15 is 0 Å². The number of amides is 1. The highest BCUT2D eigenvalue weighted by Crippen LogP contribution is 2.29. The average molecular weight is 296 g/mol. The molecular weight excluding hydrogens is 276 g/mol. The number of carboxylic acids is 1. The van der Waals surface area contributed by atoms with Crippen LogP contribution in [0, 0.1) is 6.92 Å². The molecule has 0 atom stereocenters. The number of nitrogens with zero attached hydrogens (tertiary/aromatic N) is 1. The van der Waals surface area contributed by atoms with Gasteiger partial charge in [-0.1, -0.05) is 26.2 Å². The summed E-state index contributed by atoms with van der Waals surface area (Å²) >= 11 is 1.35. The van der Waals surface area contributed by atoms with Crippen molar-refractivity contribution in [2.24, 2.45) is 0 Å². The summed E-state index contributed by atoms with van der Waals surface area (Å²) in [5.74, 6) is -1.23. The number of aliphatic carboxylic acids is 1. The Labute approximate surface area is 122 Å². The summed E-state index contributed by atoms with van der Waals surface area (Å²) in [6, 6.07) is 0. The first-order valence-corrected chi connectivity index (χ1v) is 7.82. The van der Waals surface area contributed by atoms with Gasteiger partial charge in [-0.3, -0.25) is 4.79 Å². The number of rotatable bonds is 4. The first-order chi connectivity index (χ1) is 9.48. The van der Waals surface area contributed by atoms with Crippen molar-refractivity contribution in [3.05, 3.63) is 15.6 Å². The fourth-order valence-corrected chi connectivity index (χ4v) is 3.54. The third-order valence-electron chi connectivity index (χ3n) is 3.82. The van der Waals surface area contributed by atoms with Crippen LogP contribution < -0.4 is 5.32 Å². The minimum absolute atomic E-state index is 0.302. The molecule has 1 aliphatic carbocycles. The number of hydrogen-bond donors (Lipinski definition) is 2. The summed E-state index contributed by atoms with van der Waals surface area (Å²) in [4.78, 5) is 28.8. The molecule has 1 heterocycles. The van der Waals surface area contributed by atoms with Crippen molar-refractivity contribution in [3.8, 4) is 0 Å². The SMILES string of the molecule is CCc1nc(C)c(C(=O)NC2(C(=O)O)CCCCC2)s1.